The Labute approximate surface area is 268 Å². The van der Waals surface area contributed by atoms with Gasteiger partial charge < -0.3 is 23.3 Å². The van der Waals surface area contributed by atoms with E-state index >= 15 is 0 Å². The smallest absolute Gasteiger partial charge is 0.330 e. The quantitative estimate of drug-likeness (QED) is 0.220. The van der Waals surface area contributed by atoms with Crippen molar-refractivity contribution in [1.29, 1.82) is 0 Å². The summed E-state index contributed by atoms with van der Waals surface area (Å²) in [6.45, 7) is 10.9. The summed E-state index contributed by atoms with van der Waals surface area (Å²) < 4.78 is 33.8. The molecule has 12 nitrogen and oxygen atoms in total. The van der Waals surface area contributed by atoms with Crippen molar-refractivity contribution in [2.75, 3.05) is 13.2 Å². The molecule has 1 aromatic heterocycles. The minimum absolute atomic E-state index is 0.00328. The van der Waals surface area contributed by atoms with Crippen LogP contribution in [0.15, 0.2) is 70.4 Å². The molecule has 2 aromatic carbocycles. The Morgan fingerprint density at radius 3 is 1.93 bits per heavy atom. The molecule has 0 amide bonds. The van der Waals surface area contributed by atoms with E-state index in [-0.39, 0.29) is 24.6 Å². The van der Waals surface area contributed by atoms with E-state index in [2.05, 4.69) is 61.6 Å². The number of nitrogens with zero attached hydrogens (tertiary/aromatic N) is 2. The molecular formula is C33H40N3O9P. The summed E-state index contributed by atoms with van der Waals surface area (Å²) in [4.78, 5) is 51.0. The van der Waals surface area contributed by atoms with Gasteiger partial charge in [0.2, 0.25) is 0 Å². The van der Waals surface area contributed by atoms with Crippen molar-refractivity contribution >= 4 is 20.5 Å². The molecule has 46 heavy (non-hydrogen) atoms. The van der Waals surface area contributed by atoms with Crippen molar-refractivity contribution < 1.29 is 32.8 Å². The Bertz CT molecular complexity index is 1620. The molecule has 3 aromatic rings. The van der Waals surface area contributed by atoms with Crippen LogP contribution in [0.2, 0.25) is 0 Å². The maximum absolute atomic E-state index is 12.7. The van der Waals surface area contributed by atoms with Crippen LogP contribution in [0, 0.1) is 0 Å². The van der Waals surface area contributed by atoms with Gasteiger partial charge in [0.25, 0.3) is 14.1 Å². The second kappa shape index (κ2) is 14.4. The van der Waals surface area contributed by atoms with Crippen molar-refractivity contribution in [2.45, 2.75) is 84.1 Å². The zero-order valence-corrected chi connectivity index (χ0v) is 27.6. The molecule has 5 atom stereocenters. The van der Waals surface area contributed by atoms with E-state index < -0.39 is 56.3 Å². The second-order valence-electron chi connectivity index (χ2n) is 11.9. The minimum atomic E-state index is -1.67. The van der Waals surface area contributed by atoms with E-state index in [4.69, 9.17) is 23.3 Å². The lowest BCUT2D eigenvalue weighted by Crippen LogP contribution is -2.42. The number of rotatable bonds is 12. The fourth-order valence-electron chi connectivity index (χ4n) is 6.20. The molecule has 0 radical (unpaired) electrons. The number of ether oxygens (including phenoxy) is 3. The third-order valence-corrected chi connectivity index (χ3v) is 9.97. The van der Waals surface area contributed by atoms with E-state index in [0.29, 0.717) is 6.61 Å². The molecule has 1 saturated heterocycles. The van der Waals surface area contributed by atoms with Gasteiger partial charge in [0.1, 0.15) is 6.10 Å². The predicted molar refractivity (Wildman–Crippen MR) is 171 cm³/mol. The van der Waals surface area contributed by atoms with Crippen LogP contribution in [-0.4, -0.2) is 69.8 Å². The highest BCUT2D eigenvalue weighted by atomic mass is 31.2. The van der Waals surface area contributed by atoms with Crippen LogP contribution >= 0.6 is 8.53 Å². The fourth-order valence-corrected chi connectivity index (χ4v) is 7.85. The highest BCUT2D eigenvalue weighted by Crippen LogP contribution is 2.51. The molecule has 1 N–H and O–H groups in total. The summed E-state index contributed by atoms with van der Waals surface area (Å²) in [5, 5.41) is 0. The molecule has 1 fully saturated rings. The zero-order valence-electron chi connectivity index (χ0n) is 26.7. The van der Waals surface area contributed by atoms with Gasteiger partial charge in [0, 0.05) is 44.1 Å². The Morgan fingerprint density at radius 1 is 0.848 bits per heavy atom. The van der Waals surface area contributed by atoms with Crippen LogP contribution in [0.4, 0.5) is 0 Å². The van der Waals surface area contributed by atoms with Gasteiger partial charge in [0.05, 0.1) is 13.2 Å². The maximum atomic E-state index is 12.7. The number of carbonyl (C=O) groups excluding carboxylic acids is 2. The first-order chi connectivity index (χ1) is 22.0. The van der Waals surface area contributed by atoms with Gasteiger partial charge in [-0.15, -0.1) is 0 Å². The van der Waals surface area contributed by atoms with E-state index in [0.717, 1.165) is 10.6 Å². The average molecular weight is 654 g/mol. The van der Waals surface area contributed by atoms with Gasteiger partial charge in [0.15, 0.2) is 18.4 Å². The van der Waals surface area contributed by atoms with Crippen LogP contribution in [0.25, 0.3) is 11.1 Å². The van der Waals surface area contributed by atoms with Gasteiger partial charge in [-0.1, -0.05) is 48.5 Å². The summed E-state index contributed by atoms with van der Waals surface area (Å²) in [7, 11) is -1.67. The molecule has 5 rings (SSSR count). The highest BCUT2D eigenvalue weighted by Gasteiger charge is 2.51. The number of carbonyl (C=O) groups is 2. The monoisotopic (exact) mass is 653 g/mol. The number of benzene rings is 2. The van der Waals surface area contributed by atoms with Crippen molar-refractivity contribution in [2.24, 2.45) is 0 Å². The molecule has 2 aliphatic rings. The Morgan fingerprint density at radius 2 is 1.39 bits per heavy atom. The van der Waals surface area contributed by atoms with Crippen molar-refractivity contribution in [3.63, 3.8) is 0 Å². The first-order valence-electron chi connectivity index (χ1n) is 15.3. The summed E-state index contributed by atoms with van der Waals surface area (Å²) in [6, 6.07) is 17.9. The van der Waals surface area contributed by atoms with Gasteiger partial charge in [-0.05, 0) is 49.9 Å². The van der Waals surface area contributed by atoms with Crippen molar-refractivity contribution in [3.8, 4) is 11.1 Å². The third kappa shape index (κ3) is 7.16. The largest absolute Gasteiger partial charge is 0.456 e. The molecule has 1 aliphatic heterocycles. The summed E-state index contributed by atoms with van der Waals surface area (Å²) in [5.74, 6) is -1.29. The Kier molecular flexibility index (Phi) is 10.5. The highest BCUT2D eigenvalue weighted by molar-refractivity contribution is 7.44. The van der Waals surface area contributed by atoms with Crippen LogP contribution in [0.5, 0.6) is 0 Å². The normalized spacial score (nSPS) is 21.4. The molecule has 1 unspecified atom stereocenters. The maximum Gasteiger partial charge on any atom is 0.330 e. The molecular weight excluding hydrogens is 613 g/mol. The number of esters is 2. The molecule has 246 valence electrons. The van der Waals surface area contributed by atoms with Gasteiger partial charge in [-0.25, -0.2) is 9.46 Å². The lowest BCUT2D eigenvalue weighted by molar-refractivity contribution is -0.165. The summed E-state index contributed by atoms with van der Waals surface area (Å²) >= 11 is 0. The first-order valence-corrected chi connectivity index (χ1v) is 16.4. The van der Waals surface area contributed by atoms with E-state index in [1.165, 1.54) is 42.3 Å². The van der Waals surface area contributed by atoms with Gasteiger partial charge in [-0.2, -0.15) is 0 Å². The predicted octanol–water partition coefficient (Wildman–Crippen LogP) is 4.49. The van der Waals surface area contributed by atoms with E-state index in [1.54, 1.807) is 0 Å². The lowest BCUT2D eigenvalue weighted by atomic mass is 9.98. The Hall–Kier alpha value is -3.67. The number of nitrogens with one attached hydrogen (secondary N) is 1. The van der Waals surface area contributed by atoms with Crippen LogP contribution in [-0.2, 0) is 32.8 Å². The number of fused-ring (bicyclic) bond motifs is 3. The topological polar surface area (TPSA) is 138 Å². The number of aromatic amines is 1. The SMILES string of the molecule is CC(=O)O[C@@H]1[C@H](OC(C)=O)[C@@H](COP(OCC2c3ccccc3-c3ccccc32)N(C(C)C)C(C)C)O[C@H]1n1ccc(=O)[nH]c1=O. The molecule has 13 heteroatoms. The molecule has 0 bridgehead atoms. The molecule has 2 heterocycles. The average Bonchev–Trinajstić information content (AvgIpc) is 3.48. The second-order valence-corrected chi connectivity index (χ2v) is 13.3. The number of hydrogen-bond donors (Lipinski definition) is 1. The van der Waals surface area contributed by atoms with Crippen molar-refractivity contribution in [1.82, 2.24) is 14.2 Å². The van der Waals surface area contributed by atoms with Crippen LogP contribution < -0.4 is 11.2 Å². The first kappa shape index (κ1) is 33.7. The lowest BCUT2D eigenvalue weighted by Gasteiger charge is -2.36. The number of H-pyrrole nitrogens is 1. The van der Waals surface area contributed by atoms with Crippen LogP contribution in [0.1, 0.15) is 64.8 Å². The fraction of sp³-hybridized carbons (Fsp3) is 0.455. The van der Waals surface area contributed by atoms with Gasteiger partial charge >= 0.3 is 17.6 Å². The molecule has 0 spiro atoms. The van der Waals surface area contributed by atoms with E-state index in [1.807, 2.05) is 24.3 Å². The third-order valence-electron chi connectivity index (χ3n) is 7.93. The van der Waals surface area contributed by atoms with Gasteiger partial charge in [-0.3, -0.25) is 23.9 Å². The van der Waals surface area contributed by atoms with E-state index in [9.17, 15) is 19.2 Å². The minimum Gasteiger partial charge on any atom is -0.456 e. The molecule has 1 aliphatic carbocycles. The number of hydrogen-bond acceptors (Lipinski definition) is 10. The summed E-state index contributed by atoms with van der Waals surface area (Å²) in [5.41, 5.74) is 3.37. The van der Waals surface area contributed by atoms with Crippen molar-refractivity contribution in [3.05, 3.63) is 92.8 Å². The molecule has 0 saturated carbocycles. The standard InChI is InChI=1S/C33H40N3O9P/c1-19(2)36(20(3)4)46(41-17-27-25-13-9-7-11-23(25)24-12-8-10-14-26(24)27)42-18-28-30(43-21(5)37)31(44-22(6)38)32(45-28)35-16-15-29(39)34-33(35)40/h7-16,19-20,27-28,30-32H,17-18H2,1-6H3,(H,34,39,40)/t28-,30-,31-,32-,46?/m1/s1. The zero-order chi connectivity index (χ0) is 33.1. The summed E-state index contributed by atoms with van der Waals surface area (Å²) in [6.07, 6.45) is -3.20. The Balaban J connectivity index is 1.42. The van der Waals surface area contributed by atoms with Crippen LogP contribution in [0.3, 0.4) is 0 Å². The number of aromatic nitrogens is 2.